The molecule has 72 valence electrons. The van der Waals surface area contributed by atoms with E-state index in [0.717, 1.165) is 0 Å². The molecule has 2 aromatic heterocycles. The number of rotatable bonds is 1. The van der Waals surface area contributed by atoms with Crippen LogP contribution in [0.25, 0.3) is 11.4 Å². The van der Waals surface area contributed by atoms with Crippen molar-refractivity contribution in [1.29, 1.82) is 5.26 Å². The van der Waals surface area contributed by atoms with Gasteiger partial charge in [-0.05, 0) is 24.3 Å². The molecule has 15 heavy (non-hydrogen) atoms. The molecule has 0 aliphatic rings. The molecule has 0 aromatic carbocycles. The first-order valence-electron chi connectivity index (χ1n) is 4.15. The average Bonchev–Trinajstić information content (AvgIpc) is 2.30. The van der Waals surface area contributed by atoms with E-state index in [-0.39, 0.29) is 0 Å². The zero-order valence-electron chi connectivity index (χ0n) is 7.55. The maximum Gasteiger partial charge on any atom is 0.151 e. The third-order valence-corrected chi connectivity index (χ3v) is 1.99. The molecule has 0 fully saturated rings. The van der Waals surface area contributed by atoms with E-state index in [1.54, 1.807) is 24.3 Å². The van der Waals surface area contributed by atoms with Crippen LogP contribution in [0.5, 0.6) is 0 Å². The maximum absolute atomic E-state index is 8.60. The Morgan fingerprint density at radius 1 is 1.07 bits per heavy atom. The lowest BCUT2D eigenvalue weighted by molar-refractivity contribution is 1.03. The van der Waals surface area contributed by atoms with E-state index in [9.17, 15) is 0 Å². The second kappa shape index (κ2) is 4.03. The van der Waals surface area contributed by atoms with Crippen molar-refractivity contribution in [2.45, 2.75) is 0 Å². The molecule has 0 aliphatic heterocycles. The Balaban J connectivity index is 2.38. The first-order valence-corrected chi connectivity index (χ1v) is 4.53. The highest BCUT2D eigenvalue weighted by molar-refractivity contribution is 6.29. The summed E-state index contributed by atoms with van der Waals surface area (Å²) in [7, 11) is 0. The molecule has 0 saturated heterocycles. The summed E-state index contributed by atoms with van der Waals surface area (Å²) in [6.07, 6.45) is 1.49. The molecule has 0 radical (unpaired) electrons. The molecule has 4 nitrogen and oxygen atoms in total. The first kappa shape index (κ1) is 9.56. The molecule has 2 rings (SSSR count). The molecule has 2 aromatic rings. The summed E-state index contributed by atoms with van der Waals surface area (Å²) in [5.74, 6) is 0. The van der Waals surface area contributed by atoms with Crippen molar-refractivity contribution in [2.75, 3.05) is 0 Å². The molecule has 0 atom stereocenters. The molecular weight excluding hydrogens is 212 g/mol. The zero-order chi connectivity index (χ0) is 10.7. The van der Waals surface area contributed by atoms with Gasteiger partial charge in [0.25, 0.3) is 0 Å². The van der Waals surface area contributed by atoms with Gasteiger partial charge in [0, 0.05) is 6.20 Å². The molecule has 0 unspecified atom stereocenters. The van der Waals surface area contributed by atoms with Crippen molar-refractivity contribution < 1.29 is 0 Å². The average molecular weight is 217 g/mol. The summed E-state index contributed by atoms with van der Waals surface area (Å²) in [5.41, 5.74) is 1.81. The second-order valence-electron chi connectivity index (χ2n) is 2.79. The van der Waals surface area contributed by atoms with Gasteiger partial charge in [-0.3, -0.25) is 4.98 Å². The summed E-state index contributed by atoms with van der Waals surface area (Å²) >= 11 is 5.61. The molecule has 0 aliphatic carbocycles. The van der Waals surface area contributed by atoms with Crippen LogP contribution in [0.3, 0.4) is 0 Å². The molecule has 0 spiro atoms. The molecule has 0 N–H and O–H groups in total. The third-order valence-electron chi connectivity index (χ3n) is 1.79. The zero-order valence-corrected chi connectivity index (χ0v) is 8.31. The van der Waals surface area contributed by atoms with Crippen molar-refractivity contribution in [3.8, 4) is 17.5 Å². The lowest BCUT2D eigenvalue weighted by atomic mass is 10.2. The maximum atomic E-state index is 8.60. The standard InChI is InChI=1S/C10H5ClN4/c11-10-4-3-9(14-15-10)8-2-1-7(5-12)6-13-8/h1-4,6H. The van der Waals surface area contributed by atoms with Crippen LogP contribution in [-0.4, -0.2) is 15.2 Å². The number of aromatic nitrogens is 3. The van der Waals surface area contributed by atoms with Gasteiger partial charge in [-0.25, -0.2) is 0 Å². The van der Waals surface area contributed by atoms with Gasteiger partial charge in [-0.15, -0.1) is 10.2 Å². The summed E-state index contributed by atoms with van der Waals surface area (Å²) in [5, 5.41) is 16.5. The smallest absolute Gasteiger partial charge is 0.151 e. The Labute approximate surface area is 91.2 Å². The van der Waals surface area contributed by atoms with Crippen molar-refractivity contribution in [3.05, 3.63) is 41.2 Å². The third kappa shape index (κ3) is 2.09. The van der Waals surface area contributed by atoms with Gasteiger partial charge in [0.15, 0.2) is 5.15 Å². The number of hydrogen-bond acceptors (Lipinski definition) is 4. The van der Waals surface area contributed by atoms with Crippen LogP contribution < -0.4 is 0 Å². The SMILES string of the molecule is N#Cc1ccc(-c2ccc(Cl)nn2)nc1. The predicted molar refractivity (Wildman–Crippen MR) is 55.0 cm³/mol. The van der Waals surface area contributed by atoms with Crippen molar-refractivity contribution in [3.63, 3.8) is 0 Å². The minimum absolute atomic E-state index is 0.340. The van der Waals surface area contributed by atoms with E-state index in [4.69, 9.17) is 16.9 Å². The van der Waals surface area contributed by atoms with Crippen LogP contribution in [0.2, 0.25) is 5.15 Å². The van der Waals surface area contributed by atoms with E-state index >= 15 is 0 Å². The van der Waals surface area contributed by atoms with Gasteiger partial charge in [0.1, 0.15) is 11.8 Å². The van der Waals surface area contributed by atoms with E-state index in [2.05, 4.69) is 15.2 Å². The summed E-state index contributed by atoms with van der Waals surface area (Å²) in [6, 6.07) is 8.76. The quantitative estimate of drug-likeness (QED) is 0.732. The minimum Gasteiger partial charge on any atom is -0.253 e. The molecule has 0 saturated carbocycles. The normalized spacial score (nSPS) is 9.60. The Morgan fingerprint density at radius 2 is 1.87 bits per heavy atom. The minimum atomic E-state index is 0.340. The lowest BCUT2D eigenvalue weighted by Crippen LogP contribution is -1.90. The van der Waals surface area contributed by atoms with Crippen molar-refractivity contribution >= 4 is 11.6 Å². The highest BCUT2D eigenvalue weighted by Gasteiger charge is 2.01. The van der Waals surface area contributed by atoms with Gasteiger partial charge < -0.3 is 0 Å². The molecule has 2 heterocycles. The highest BCUT2D eigenvalue weighted by atomic mass is 35.5. The molecule has 0 bridgehead atoms. The van der Waals surface area contributed by atoms with Gasteiger partial charge >= 0.3 is 0 Å². The molecular formula is C10H5ClN4. The van der Waals surface area contributed by atoms with E-state index in [0.29, 0.717) is 22.1 Å². The van der Waals surface area contributed by atoms with Crippen LogP contribution in [-0.2, 0) is 0 Å². The van der Waals surface area contributed by atoms with Crippen molar-refractivity contribution in [2.24, 2.45) is 0 Å². The Morgan fingerprint density at radius 3 is 2.40 bits per heavy atom. The van der Waals surface area contributed by atoms with Gasteiger partial charge in [-0.2, -0.15) is 5.26 Å². The van der Waals surface area contributed by atoms with Gasteiger partial charge in [0.05, 0.1) is 11.3 Å². The Hall–Kier alpha value is -1.99. The highest BCUT2D eigenvalue weighted by Crippen LogP contribution is 2.14. The number of nitriles is 1. The van der Waals surface area contributed by atoms with Gasteiger partial charge in [-0.1, -0.05) is 11.6 Å². The fourth-order valence-corrected chi connectivity index (χ4v) is 1.16. The molecule has 0 amide bonds. The number of hydrogen-bond donors (Lipinski definition) is 0. The van der Waals surface area contributed by atoms with Crippen LogP contribution >= 0.6 is 11.6 Å². The van der Waals surface area contributed by atoms with E-state index in [1.807, 2.05) is 6.07 Å². The summed E-state index contributed by atoms with van der Waals surface area (Å²) in [6.45, 7) is 0. The van der Waals surface area contributed by atoms with E-state index < -0.39 is 0 Å². The largest absolute Gasteiger partial charge is 0.253 e. The van der Waals surface area contributed by atoms with Crippen LogP contribution in [0.4, 0.5) is 0 Å². The number of pyridine rings is 1. The second-order valence-corrected chi connectivity index (χ2v) is 3.17. The Bertz CT molecular complexity index is 498. The summed E-state index contributed by atoms with van der Waals surface area (Å²) < 4.78 is 0. The van der Waals surface area contributed by atoms with Crippen LogP contribution in [0.1, 0.15) is 5.56 Å². The van der Waals surface area contributed by atoms with Crippen molar-refractivity contribution in [1.82, 2.24) is 15.2 Å². The first-order chi connectivity index (χ1) is 7.29. The Kier molecular flexibility index (Phi) is 2.57. The topological polar surface area (TPSA) is 62.5 Å². The van der Waals surface area contributed by atoms with Crippen LogP contribution in [0.15, 0.2) is 30.5 Å². The van der Waals surface area contributed by atoms with E-state index in [1.165, 1.54) is 6.20 Å². The fraction of sp³-hybridized carbons (Fsp3) is 0. The fourth-order valence-electron chi connectivity index (χ4n) is 1.06. The summed E-state index contributed by atoms with van der Waals surface area (Å²) in [4.78, 5) is 4.08. The van der Waals surface area contributed by atoms with Crippen LogP contribution in [0, 0.1) is 11.3 Å². The lowest BCUT2D eigenvalue weighted by Gasteiger charge is -1.97. The molecule has 5 heteroatoms. The number of nitrogens with zero attached hydrogens (tertiary/aromatic N) is 4. The monoisotopic (exact) mass is 216 g/mol. The predicted octanol–water partition coefficient (Wildman–Crippen LogP) is 2.06. The number of halogens is 1. The van der Waals surface area contributed by atoms with Gasteiger partial charge in [0.2, 0.25) is 0 Å².